The minimum Gasteiger partial charge on any atom is -0.460 e. The molecule has 0 spiro atoms. The lowest BCUT2D eigenvalue weighted by Gasteiger charge is -2.25. The van der Waals surface area contributed by atoms with Crippen molar-refractivity contribution in [2.45, 2.75) is 32.3 Å². The van der Waals surface area contributed by atoms with Gasteiger partial charge in [0.1, 0.15) is 6.61 Å². The fourth-order valence-electron chi connectivity index (χ4n) is 2.61. The first kappa shape index (κ1) is 13.1. The third kappa shape index (κ3) is 2.91. The molecular formula is C15H20O3. The molecule has 1 aromatic rings. The van der Waals surface area contributed by atoms with E-state index in [9.17, 15) is 4.79 Å². The van der Waals surface area contributed by atoms with Gasteiger partial charge in [-0.15, -0.1) is 0 Å². The number of carbonyl (C=O) groups excluding carboxylic acids is 1. The van der Waals surface area contributed by atoms with Gasteiger partial charge in [-0.2, -0.15) is 0 Å². The number of methoxy groups -OCH3 is 1. The Balaban J connectivity index is 1.94. The van der Waals surface area contributed by atoms with Gasteiger partial charge >= 0.3 is 5.97 Å². The zero-order valence-electron chi connectivity index (χ0n) is 10.9. The normalized spacial score (nSPS) is 17.6. The van der Waals surface area contributed by atoms with Crippen molar-refractivity contribution in [2.24, 2.45) is 5.41 Å². The molecule has 3 heteroatoms. The maximum Gasteiger partial charge on any atom is 0.314 e. The van der Waals surface area contributed by atoms with Crippen molar-refractivity contribution in [3.63, 3.8) is 0 Å². The van der Waals surface area contributed by atoms with E-state index >= 15 is 0 Å². The minimum atomic E-state index is -0.399. The van der Waals surface area contributed by atoms with E-state index in [4.69, 9.17) is 9.47 Å². The summed E-state index contributed by atoms with van der Waals surface area (Å²) >= 11 is 0. The van der Waals surface area contributed by atoms with Gasteiger partial charge in [-0.3, -0.25) is 4.79 Å². The van der Waals surface area contributed by atoms with Crippen LogP contribution in [-0.4, -0.2) is 19.7 Å². The van der Waals surface area contributed by atoms with Gasteiger partial charge in [-0.1, -0.05) is 43.2 Å². The Labute approximate surface area is 108 Å². The smallest absolute Gasteiger partial charge is 0.314 e. The van der Waals surface area contributed by atoms with E-state index in [1.807, 2.05) is 30.3 Å². The Morgan fingerprint density at radius 2 is 1.89 bits per heavy atom. The van der Waals surface area contributed by atoms with E-state index < -0.39 is 5.41 Å². The molecule has 1 aromatic carbocycles. The second-order valence-corrected chi connectivity index (χ2v) is 4.98. The number of carbonyl (C=O) groups is 1. The van der Waals surface area contributed by atoms with Crippen molar-refractivity contribution in [3.8, 4) is 0 Å². The van der Waals surface area contributed by atoms with Crippen molar-refractivity contribution in [3.05, 3.63) is 35.9 Å². The van der Waals surface area contributed by atoms with Crippen LogP contribution in [0.25, 0.3) is 0 Å². The Bertz CT molecular complexity index is 380. The van der Waals surface area contributed by atoms with Gasteiger partial charge in [0.25, 0.3) is 0 Å². The zero-order chi connectivity index (χ0) is 12.8. The molecule has 3 nitrogen and oxygen atoms in total. The van der Waals surface area contributed by atoms with Crippen LogP contribution in [0, 0.1) is 5.41 Å². The lowest BCUT2D eigenvalue weighted by Crippen LogP contribution is -2.34. The lowest BCUT2D eigenvalue weighted by atomic mass is 9.87. The number of hydrogen-bond donors (Lipinski definition) is 0. The number of esters is 1. The topological polar surface area (TPSA) is 35.5 Å². The zero-order valence-corrected chi connectivity index (χ0v) is 10.9. The first-order valence-electron chi connectivity index (χ1n) is 6.47. The molecule has 0 aliphatic heterocycles. The highest BCUT2D eigenvalue weighted by molar-refractivity contribution is 5.77. The van der Waals surface area contributed by atoms with Crippen LogP contribution in [0.4, 0.5) is 0 Å². The van der Waals surface area contributed by atoms with Crippen LogP contribution < -0.4 is 0 Å². The lowest BCUT2D eigenvalue weighted by molar-refractivity contribution is -0.160. The van der Waals surface area contributed by atoms with E-state index in [1.165, 1.54) is 0 Å². The van der Waals surface area contributed by atoms with Crippen molar-refractivity contribution < 1.29 is 14.3 Å². The van der Waals surface area contributed by atoms with Crippen molar-refractivity contribution in [2.75, 3.05) is 13.7 Å². The van der Waals surface area contributed by atoms with Gasteiger partial charge in [0.05, 0.1) is 12.0 Å². The quantitative estimate of drug-likeness (QED) is 0.752. The van der Waals surface area contributed by atoms with Crippen molar-refractivity contribution in [1.82, 2.24) is 0 Å². The summed E-state index contributed by atoms with van der Waals surface area (Å²) in [5.41, 5.74) is 0.625. The summed E-state index contributed by atoms with van der Waals surface area (Å²) < 4.78 is 10.7. The molecule has 0 atom stereocenters. The van der Waals surface area contributed by atoms with Crippen LogP contribution in [-0.2, 0) is 20.9 Å². The van der Waals surface area contributed by atoms with Crippen molar-refractivity contribution >= 4 is 5.97 Å². The highest BCUT2D eigenvalue weighted by Gasteiger charge is 2.42. The van der Waals surface area contributed by atoms with Crippen LogP contribution in [0.5, 0.6) is 0 Å². The molecule has 18 heavy (non-hydrogen) atoms. The average molecular weight is 248 g/mol. The van der Waals surface area contributed by atoms with E-state index in [2.05, 4.69) is 0 Å². The van der Waals surface area contributed by atoms with E-state index in [0.717, 1.165) is 31.2 Å². The van der Waals surface area contributed by atoms with Crippen LogP contribution in [0.1, 0.15) is 31.2 Å². The Morgan fingerprint density at radius 3 is 2.50 bits per heavy atom. The average Bonchev–Trinajstić information content (AvgIpc) is 2.87. The number of benzene rings is 1. The van der Waals surface area contributed by atoms with E-state index in [1.54, 1.807) is 7.11 Å². The first-order valence-corrected chi connectivity index (χ1v) is 6.47. The second kappa shape index (κ2) is 6.01. The molecular weight excluding hydrogens is 228 g/mol. The Kier molecular flexibility index (Phi) is 4.37. The molecule has 0 radical (unpaired) electrons. The van der Waals surface area contributed by atoms with Crippen LogP contribution in [0.3, 0.4) is 0 Å². The molecule has 1 fully saturated rings. The summed E-state index contributed by atoms with van der Waals surface area (Å²) in [6.45, 7) is 0.825. The van der Waals surface area contributed by atoms with Crippen molar-refractivity contribution in [1.29, 1.82) is 0 Å². The van der Waals surface area contributed by atoms with Gasteiger partial charge in [0.2, 0.25) is 0 Å². The Morgan fingerprint density at radius 1 is 1.22 bits per heavy atom. The minimum absolute atomic E-state index is 0.106. The number of ether oxygens (including phenoxy) is 2. The monoisotopic (exact) mass is 248 g/mol. The molecule has 1 aliphatic carbocycles. The molecule has 0 amide bonds. The third-order valence-electron chi connectivity index (χ3n) is 3.63. The van der Waals surface area contributed by atoms with Gasteiger partial charge < -0.3 is 9.47 Å². The van der Waals surface area contributed by atoms with Gasteiger partial charge in [-0.05, 0) is 18.4 Å². The molecule has 0 aromatic heterocycles. The molecule has 2 rings (SSSR count). The highest BCUT2D eigenvalue weighted by atomic mass is 16.5. The maximum atomic E-state index is 12.2. The second-order valence-electron chi connectivity index (χ2n) is 4.98. The first-order chi connectivity index (χ1) is 8.77. The van der Waals surface area contributed by atoms with Crippen LogP contribution in [0.15, 0.2) is 30.3 Å². The number of rotatable bonds is 5. The summed E-state index contributed by atoms with van der Waals surface area (Å²) in [7, 11) is 1.64. The fraction of sp³-hybridized carbons (Fsp3) is 0.533. The molecule has 0 heterocycles. The van der Waals surface area contributed by atoms with Gasteiger partial charge in [0.15, 0.2) is 0 Å². The summed E-state index contributed by atoms with van der Waals surface area (Å²) in [4.78, 5) is 12.2. The summed E-state index contributed by atoms with van der Waals surface area (Å²) in [6, 6.07) is 9.78. The Hall–Kier alpha value is -1.35. The third-order valence-corrected chi connectivity index (χ3v) is 3.63. The predicted molar refractivity (Wildman–Crippen MR) is 69.0 cm³/mol. The van der Waals surface area contributed by atoms with Gasteiger partial charge in [0, 0.05) is 7.11 Å². The largest absolute Gasteiger partial charge is 0.460 e. The number of hydrogen-bond acceptors (Lipinski definition) is 3. The van der Waals surface area contributed by atoms with E-state index in [0.29, 0.717) is 13.2 Å². The summed E-state index contributed by atoms with van der Waals surface area (Å²) in [5, 5.41) is 0. The predicted octanol–water partition coefficient (Wildman–Crippen LogP) is 2.94. The van der Waals surface area contributed by atoms with Crippen LogP contribution in [0.2, 0.25) is 0 Å². The molecule has 0 bridgehead atoms. The van der Waals surface area contributed by atoms with Crippen LogP contribution >= 0.6 is 0 Å². The molecule has 0 N–H and O–H groups in total. The molecule has 1 saturated carbocycles. The summed E-state index contributed by atoms with van der Waals surface area (Å²) in [5.74, 6) is -0.106. The standard InChI is InChI=1S/C15H20O3/c1-17-12-15(9-5-6-10-15)14(16)18-11-13-7-3-2-4-8-13/h2-4,7-8H,5-6,9-12H2,1H3. The molecule has 0 saturated heterocycles. The SMILES string of the molecule is COCC1(C(=O)OCc2ccccc2)CCCC1. The maximum absolute atomic E-state index is 12.2. The molecule has 98 valence electrons. The molecule has 1 aliphatic rings. The summed E-state index contributed by atoms with van der Waals surface area (Å²) in [6.07, 6.45) is 3.94. The van der Waals surface area contributed by atoms with Gasteiger partial charge in [-0.25, -0.2) is 0 Å². The fourth-order valence-corrected chi connectivity index (χ4v) is 2.61. The molecule has 0 unspecified atom stereocenters. The van der Waals surface area contributed by atoms with E-state index in [-0.39, 0.29) is 5.97 Å². The highest BCUT2D eigenvalue weighted by Crippen LogP contribution is 2.39.